The minimum atomic E-state index is -2.79. The van der Waals surface area contributed by atoms with Crippen LogP contribution >= 0.6 is 7.14 Å². The highest BCUT2D eigenvalue weighted by atomic mass is 31.2. The zero-order chi connectivity index (χ0) is 32.7. The maximum Gasteiger partial charge on any atom is 0.231 e. The molecule has 0 unspecified atom stereocenters. The Labute approximate surface area is 272 Å². The maximum absolute atomic E-state index is 13.6. The topological polar surface area (TPSA) is 166 Å². The van der Waals surface area contributed by atoms with Crippen LogP contribution in [0.25, 0.3) is 27.6 Å². The molecule has 14 heteroatoms. The molecule has 47 heavy (non-hydrogen) atoms. The summed E-state index contributed by atoms with van der Waals surface area (Å²) in [5.74, 6) is 2.43. The lowest BCUT2D eigenvalue weighted by molar-refractivity contribution is 0.177. The second-order valence-electron chi connectivity index (χ2n) is 12.2. The van der Waals surface area contributed by atoms with Gasteiger partial charge in [-0.25, -0.2) is 0 Å². The van der Waals surface area contributed by atoms with Gasteiger partial charge in [-0.3, -0.25) is 9.97 Å². The van der Waals surface area contributed by atoms with Crippen LogP contribution in [0.1, 0.15) is 5.56 Å². The van der Waals surface area contributed by atoms with Gasteiger partial charge in [-0.2, -0.15) is 9.97 Å². The van der Waals surface area contributed by atoms with Gasteiger partial charge in [0.2, 0.25) is 5.95 Å². The number of H-pyrrole nitrogens is 1. The van der Waals surface area contributed by atoms with Crippen LogP contribution in [0, 0.1) is 17.2 Å². The Hall–Kier alpha value is -5.00. The van der Waals surface area contributed by atoms with Crippen LogP contribution in [-0.4, -0.2) is 84.9 Å². The zero-order valence-electron chi connectivity index (χ0n) is 26.7. The van der Waals surface area contributed by atoms with Gasteiger partial charge in [0.25, 0.3) is 0 Å². The first-order chi connectivity index (χ1) is 22.8. The molecule has 2 fully saturated rings. The fourth-order valence-corrected chi connectivity index (χ4v) is 7.97. The van der Waals surface area contributed by atoms with E-state index in [2.05, 4.69) is 35.8 Å². The summed E-state index contributed by atoms with van der Waals surface area (Å²) in [6.07, 6.45) is 8.19. The van der Waals surface area contributed by atoms with Crippen molar-refractivity contribution in [1.82, 2.24) is 30.2 Å². The first-order valence-corrected chi connectivity index (χ1v) is 18.0. The molecule has 3 aromatic heterocycles. The minimum absolute atomic E-state index is 0.319. The van der Waals surface area contributed by atoms with Crippen LogP contribution in [0.2, 0.25) is 0 Å². The molecule has 5 heterocycles. The third kappa shape index (κ3) is 5.77. The summed E-state index contributed by atoms with van der Waals surface area (Å²) >= 11 is 0. The second-order valence-corrected chi connectivity index (χ2v) is 15.3. The minimum Gasteiger partial charge on any atom is -0.494 e. The van der Waals surface area contributed by atoms with Crippen molar-refractivity contribution in [3.8, 4) is 5.75 Å². The molecule has 0 bridgehead atoms. The van der Waals surface area contributed by atoms with Gasteiger partial charge in [-0.05, 0) is 37.6 Å². The number of nitrogens with one attached hydrogen (secondary N) is 5. The summed E-state index contributed by atoms with van der Waals surface area (Å²) in [6.45, 7) is 6.75. The molecule has 5 aromatic rings. The Bertz CT molecular complexity index is 2060. The van der Waals surface area contributed by atoms with Crippen molar-refractivity contribution < 1.29 is 14.0 Å². The van der Waals surface area contributed by atoms with Gasteiger partial charge in [-0.1, -0.05) is 0 Å². The average molecular weight is 653 g/mol. The van der Waals surface area contributed by atoms with Crippen molar-refractivity contribution >= 4 is 75.1 Å². The third-order valence-corrected chi connectivity index (χ3v) is 10.3. The molecule has 2 saturated heterocycles. The van der Waals surface area contributed by atoms with E-state index in [1.165, 1.54) is 6.21 Å². The van der Waals surface area contributed by atoms with E-state index in [4.69, 9.17) is 24.9 Å². The molecule has 7 rings (SSSR count). The van der Waals surface area contributed by atoms with Crippen molar-refractivity contribution in [2.75, 3.05) is 69.3 Å². The third-order valence-electron chi connectivity index (χ3n) is 8.73. The van der Waals surface area contributed by atoms with Crippen molar-refractivity contribution in [1.29, 1.82) is 5.41 Å². The number of anilines is 5. The summed E-state index contributed by atoms with van der Waals surface area (Å²) < 4.78 is 25.2. The molecule has 0 aliphatic carbocycles. The van der Waals surface area contributed by atoms with Gasteiger partial charge in [0.05, 0.1) is 47.9 Å². The summed E-state index contributed by atoms with van der Waals surface area (Å²) in [6, 6.07) is 9.60. The van der Waals surface area contributed by atoms with Crippen LogP contribution in [0.4, 0.5) is 28.8 Å². The van der Waals surface area contributed by atoms with E-state index in [9.17, 15) is 4.57 Å². The molecule has 0 saturated carbocycles. The molecule has 2 atom stereocenters. The Kier molecular flexibility index (Phi) is 8.03. The number of hydrogen-bond donors (Lipinski definition) is 5. The van der Waals surface area contributed by atoms with Gasteiger partial charge in [0.1, 0.15) is 29.9 Å². The van der Waals surface area contributed by atoms with Crippen molar-refractivity contribution in [2.24, 2.45) is 11.8 Å². The molecule has 0 spiro atoms. The number of aromatic nitrogens is 5. The highest BCUT2D eigenvalue weighted by Crippen LogP contribution is 2.43. The number of ether oxygens (including phenoxy) is 2. The lowest BCUT2D eigenvalue weighted by atomic mass is 10.0. The lowest BCUT2D eigenvalue weighted by Crippen LogP contribution is -2.23. The second kappa shape index (κ2) is 12.3. The Morgan fingerprint density at radius 3 is 2.60 bits per heavy atom. The largest absolute Gasteiger partial charge is 0.494 e. The lowest BCUT2D eigenvalue weighted by Gasteiger charge is -2.25. The van der Waals surface area contributed by atoms with E-state index in [-0.39, 0.29) is 0 Å². The predicted octanol–water partition coefficient (Wildman–Crippen LogP) is 4.94. The Morgan fingerprint density at radius 2 is 1.87 bits per heavy atom. The quantitative estimate of drug-likeness (QED) is 0.103. The Morgan fingerprint density at radius 1 is 1.09 bits per heavy atom. The van der Waals surface area contributed by atoms with Crippen molar-refractivity contribution in [3.63, 3.8) is 0 Å². The number of fused-ring (bicyclic) bond motifs is 3. The van der Waals surface area contributed by atoms with Crippen molar-refractivity contribution in [2.45, 2.75) is 0 Å². The van der Waals surface area contributed by atoms with Gasteiger partial charge in [0.15, 0.2) is 0 Å². The van der Waals surface area contributed by atoms with Crippen LogP contribution in [0.5, 0.6) is 5.75 Å². The van der Waals surface area contributed by atoms with E-state index in [1.807, 2.05) is 43.6 Å². The van der Waals surface area contributed by atoms with Gasteiger partial charge in [-0.15, -0.1) is 0 Å². The monoisotopic (exact) mass is 652 g/mol. The number of nitrogens with zero attached hydrogens (tertiary/aromatic N) is 5. The summed E-state index contributed by atoms with van der Waals surface area (Å²) in [5, 5.41) is 19.5. The van der Waals surface area contributed by atoms with E-state index >= 15 is 0 Å². The number of rotatable bonds is 10. The summed E-state index contributed by atoms with van der Waals surface area (Å²) in [5.41, 5.74) is 5.74. The number of methoxy groups -OCH3 is 1. The van der Waals surface area contributed by atoms with Crippen LogP contribution in [0.15, 0.2) is 55.1 Å². The molecular formula is C33H37N10O3P. The predicted molar refractivity (Wildman–Crippen MR) is 188 cm³/mol. The number of aromatic amines is 1. The highest BCUT2D eigenvalue weighted by molar-refractivity contribution is 7.71. The average Bonchev–Trinajstić information content (AvgIpc) is 3.80. The summed E-state index contributed by atoms with van der Waals surface area (Å²) in [4.78, 5) is 24.1. The maximum atomic E-state index is 13.6. The number of benzene rings is 2. The first-order valence-electron chi connectivity index (χ1n) is 15.4. The smallest absolute Gasteiger partial charge is 0.231 e. The summed E-state index contributed by atoms with van der Waals surface area (Å²) in [7, 11) is 0.663. The fourth-order valence-electron chi connectivity index (χ4n) is 6.57. The van der Waals surface area contributed by atoms with E-state index in [0.29, 0.717) is 62.7 Å². The van der Waals surface area contributed by atoms with E-state index < -0.39 is 7.14 Å². The molecule has 242 valence electrons. The number of hydrogen-bond acceptors (Lipinski definition) is 12. The van der Waals surface area contributed by atoms with Crippen molar-refractivity contribution in [3.05, 3.63) is 60.7 Å². The van der Waals surface area contributed by atoms with Gasteiger partial charge < -0.3 is 45.3 Å². The normalized spacial score (nSPS) is 18.0. The molecule has 0 amide bonds. The van der Waals surface area contributed by atoms with Crippen LogP contribution in [0.3, 0.4) is 0 Å². The van der Waals surface area contributed by atoms with Gasteiger partial charge in [0, 0.05) is 85.9 Å². The van der Waals surface area contributed by atoms with Crippen LogP contribution in [-0.2, 0) is 9.30 Å². The molecule has 0 radical (unpaired) electrons. The fraction of sp³-hybridized carbons (Fsp3) is 0.303. The number of allylic oxidation sites excluding steroid dienone is 1. The zero-order valence-corrected chi connectivity index (χ0v) is 27.6. The standard InChI is InChI=1S/C33H37N10O3P/c1-35-14-19(13-34)23-11-26(28(45-2)12-27(23)43-15-20-17-46-18-21(20)16-43)40-33-41-31-22(7-8-38-31)32(42-33)39-25-6-5-24-29(37-10-9-36-24)30(25)47(3,4)44/h5-14,20-21,34-35H,15-18H2,1-4H3,(H3,38,39,40,41,42)/b19-14+,34-13?/t20-,21+. The molecule has 13 nitrogen and oxygen atoms in total. The first kappa shape index (κ1) is 30.6. The Balaban J connectivity index is 1.30. The molecule has 5 N–H and O–H groups in total. The van der Waals surface area contributed by atoms with Gasteiger partial charge >= 0.3 is 0 Å². The van der Waals surface area contributed by atoms with E-state index in [0.717, 1.165) is 48.5 Å². The SMILES string of the molecule is CN/C=C(\C=N)c1cc(Nc2nc(Nc3ccc4nccnc4c3P(C)(C)=O)c3cc[nH]c3n2)c(OC)cc1N1C[C@H]2COC[C@H]2C1. The molecule has 2 aliphatic heterocycles. The molecule has 2 aliphatic rings. The molecular weight excluding hydrogens is 615 g/mol. The highest BCUT2D eigenvalue weighted by Gasteiger charge is 2.38. The molecule has 2 aromatic carbocycles. The van der Waals surface area contributed by atoms with Crippen LogP contribution < -0.4 is 30.9 Å². The van der Waals surface area contributed by atoms with E-state index in [1.54, 1.807) is 39.0 Å².